The van der Waals surface area contributed by atoms with Gasteiger partial charge in [0, 0.05) is 26.7 Å². The first-order chi connectivity index (χ1) is 13.1. The summed E-state index contributed by atoms with van der Waals surface area (Å²) >= 11 is 0. The lowest BCUT2D eigenvalue weighted by atomic mass is 9.97. The Morgan fingerprint density at radius 3 is 2.63 bits per heavy atom. The van der Waals surface area contributed by atoms with Crippen LogP contribution < -0.4 is 15.5 Å². The Bertz CT molecular complexity index is 760. The summed E-state index contributed by atoms with van der Waals surface area (Å²) in [6.45, 7) is 4.43. The average Bonchev–Trinajstić information content (AvgIpc) is 2.69. The molecule has 0 unspecified atom stereocenters. The van der Waals surface area contributed by atoms with E-state index in [-0.39, 0.29) is 11.9 Å². The van der Waals surface area contributed by atoms with Crippen molar-refractivity contribution in [2.45, 2.75) is 26.3 Å². The molecule has 2 N–H and O–H groups in total. The lowest BCUT2D eigenvalue weighted by Gasteiger charge is -2.33. The van der Waals surface area contributed by atoms with E-state index < -0.39 is 0 Å². The molecule has 27 heavy (non-hydrogen) atoms. The summed E-state index contributed by atoms with van der Waals surface area (Å²) in [7, 11) is 1.97. The fourth-order valence-electron chi connectivity index (χ4n) is 3.45. The van der Waals surface area contributed by atoms with Crippen LogP contribution in [0, 0.1) is 5.92 Å². The summed E-state index contributed by atoms with van der Waals surface area (Å²) in [5.74, 6) is 1.32. The van der Waals surface area contributed by atoms with Crippen LogP contribution in [-0.4, -0.2) is 42.7 Å². The number of hydrogen-bond donors (Lipinski definition) is 1. The van der Waals surface area contributed by atoms with E-state index in [1.54, 1.807) is 6.33 Å². The number of piperidine rings is 1. The van der Waals surface area contributed by atoms with Gasteiger partial charge in [0.1, 0.15) is 12.0 Å². The van der Waals surface area contributed by atoms with Crippen molar-refractivity contribution in [1.29, 1.82) is 0 Å². The van der Waals surface area contributed by atoms with Gasteiger partial charge in [-0.25, -0.2) is 9.97 Å². The number of nitrogens with zero attached hydrogens (tertiary/aromatic N) is 4. The first kappa shape index (κ1) is 18.9. The third-order valence-corrected chi connectivity index (χ3v) is 4.88. The topological polar surface area (TPSA) is 84.6 Å². The standard InChI is InChI=1S/C20H27N5O2/c1-3-27-20(26)16-9-11-25(12-10-16)19-17(21)18(22-14-23-19)24(2)13-15-7-5-4-6-8-15/h4-8,14,16H,3,9-13,21H2,1-2H3. The van der Waals surface area contributed by atoms with Crippen molar-refractivity contribution in [3.63, 3.8) is 0 Å². The Kier molecular flexibility index (Phi) is 6.11. The number of aromatic nitrogens is 2. The zero-order valence-electron chi connectivity index (χ0n) is 16.0. The molecule has 1 aliphatic heterocycles. The molecule has 0 spiro atoms. The van der Waals surface area contributed by atoms with Gasteiger partial charge in [-0.15, -0.1) is 0 Å². The minimum Gasteiger partial charge on any atom is -0.466 e. The van der Waals surface area contributed by atoms with Crippen molar-refractivity contribution in [2.24, 2.45) is 5.92 Å². The van der Waals surface area contributed by atoms with Crippen LogP contribution in [0.5, 0.6) is 0 Å². The van der Waals surface area contributed by atoms with Crippen LogP contribution in [0.15, 0.2) is 36.7 Å². The monoisotopic (exact) mass is 369 g/mol. The number of esters is 1. The summed E-state index contributed by atoms with van der Waals surface area (Å²) in [5.41, 5.74) is 8.18. The highest BCUT2D eigenvalue weighted by molar-refractivity contribution is 5.76. The van der Waals surface area contributed by atoms with Gasteiger partial charge in [-0.05, 0) is 25.3 Å². The van der Waals surface area contributed by atoms with E-state index in [1.165, 1.54) is 5.56 Å². The van der Waals surface area contributed by atoms with Gasteiger partial charge in [-0.3, -0.25) is 4.79 Å². The molecule has 0 atom stereocenters. The predicted molar refractivity (Wildman–Crippen MR) is 107 cm³/mol. The van der Waals surface area contributed by atoms with Gasteiger partial charge in [0.15, 0.2) is 11.6 Å². The number of anilines is 3. The number of nitrogen functional groups attached to an aromatic ring is 1. The van der Waals surface area contributed by atoms with Crippen LogP contribution in [0.1, 0.15) is 25.3 Å². The minimum atomic E-state index is -0.101. The van der Waals surface area contributed by atoms with Gasteiger partial charge in [0.05, 0.1) is 12.5 Å². The molecule has 144 valence electrons. The molecule has 1 saturated heterocycles. The lowest BCUT2D eigenvalue weighted by molar-refractivity contribution is -0.148. The molecule has 1 aromatic carbocycles. The Labute approximate surface area is 160 Å². The van der Waals surface area contributed by atoms with Gasteiger partial charge in [0.25, 0.3) is 0 Å². The van der Waals surface area contributed by atoms with Crippen molar-refractivity contribution in [1.82, 2.24) is 9.97 Å². The highest BCUT2D eigenvalue weighted by atomic mass is 16.5. The van der Waals surface area contributed by atoms with E-state index in [0.29, 0.717) is 18.8 Å². The Hall–Kier alpha value is -2.83. The van der Waals surface area contributed by atoms with Gasteiger partial charge in [-0.1, -0.05) is 30.3 Å². The molecular formula is C20H27N5O2. The predicted octanol–water partition coefficient (Wildman–Crippen LogP) is 2.47. The number of carbonyl (C=O) groups excluding carboxylic acids is 1. The van der Waals surface area contributed by atoms with Crippen LogP contribution in [0.2, 0.25) is 0 Å². The number of ether oxygens (including phenoxy) is 1. The molecule has 7 heteroatoms. The van der Waals surface area contributed by atoms with Crippen molar-refractivity contribution >= 4 is 23.3 Å². The number of benzene rings is 1. The second-order valence-electron chi connectivity index (χ2n) is 6.79. The Morgan fingerprint density at radius 1 is 1.26 bits per heavy atom. The molecule has 7 nitrogen and oxygen atoms in total. The number of hydrogen-bond acceptors (Lipinski definition) is 7. The maximum Gasteiger partial charge on any atom is 0.309 e. The van der Waals surface area contributed by atoms with E-state index in [2.05, 4.69) is 27.0 Å². The third-order valence-electron chi connectivity index (χ3n) is 4.88. The average molecular weight is 369 g/mol. The molecule has 0 aliphatic carbocycles. The van der Waals surface area contributed by atoms with Gasteiger partial charge >= 0.3 is 5.97 Å². The van der Waals surface area contributed by atoms with E-state index >= 15 is 0 Å². The number of rotatable bonds is 6. The van der Waals surface area contributed by atoms with Crippen LogP contribution in [0.25, 0.3) is 0 Å². The summed E-state index contributed by atoms with van der Waals surface area (Å²) in [6, 6.07) is 10.2. The zero-order valence-corrected chi connectivity index (χ0v) is 16.0. The SMILES string of the molecule is CCOC(=O)C1CCN(c2ncnc(N(C)Cc3ccccc3)c2N)CC1. The van der Waals surface area contributed by atoms with Crippen LogP contribution >= 0.6 is 0 Å². The van der Waals surface area contributed by atoms with Gasteiger partial charge < -0.3 is 20.3 Å². The third kappa shape index (κ3) is 4.48. The minimum absolute atomic E-state index is 0.0375. The molecule has 1 aliphatic rings. The van der Waals surface area contributed by atoms with Crippen molar-refractivity contribution in [2.75, 3.05) is 42.3 Å². The second-order valence-corrected chi connectivity index (χ2v) is 6.79. The number of nitrogens with two attached hydrogens (primary N) is 1. The fourth-order valence-corrected chi connectivity index (χ4v) is 3.45. The van der Waals surface area contributed by atoms with Crippen molar-refractivity contribution in [3.8, 4) is 0 Å². The summed E-state index contributed by atoms with van der Waals surface area (Å²) in [6.07, 6.45) is 3.05. The largest absolute Gasteiger partial charge is 0.466 e. The molecule has 1 fully saturated rings. The fraction of sp³-hybridized carbons (Fsp3) is 0.450. The van der Waals surface area contributed by atoms with Crippen molar-refractivity contribution in [3.05, 3.63) is 42.2 Å². The molecule has 3 rings (SSSR count). The van der Waals surface area contributed by atoms with Crippen molar-refractivity contribution < 1.29 is 9.53 Å². The molecule has 0 radical (unpaired) electrons. The summed E-state index contributed by atoms with van der Waals surface area (Å²) < 4.78 is 5.14. The Morgan fingerprint density at radius 2 is 1.96 bits per heavy atom. The first-order valence-electron chi connectivity index (χ1n) is 9.37. The molecule has 2 heterocycles. The van der Waals surface area contributed by atoms with E-state index in [0.717, 1.165) is 37.6 Å². The summed E-state index contributed by atoms with van der Waals surface area (Å²) in [4.78, 5) is 24.9. The highest BCUT2D eigenvalue weighted by Gasteiger charge is 2.28. The summed E-state index contributed by atoms with van der Waals surface area (Å²) in [5, 5.41) is 0. The molecule has 0 saturated carbocycles. The maximum absolute atomic E-state index is 11.9. The lowest BCUT2D eigenvalue weighted by Crippen LogP contribution is -2.38. The van der Waals surface area contributed by atoms with Gasteiger partial charge in [0.2, 0.25) is 0 Å². The maximum atomic E-state index is 11.9. The molecular weight excluding hydrogens is 342 g/mol. The van der Waals surface area contributed by atoms with E-state index in [9.17, 15) is 4.79 Å². The number of carbonyl (C=O) groups is 1. The van der Waals surface area contributed by atoms with E-state index in [4.69, 9.17) is 10.5 Å². The smallest absolute Gasteiger partial charge is 0.309 e. The normalized spacial score (nSPS) is 14.8. The van der Waals surface area contributed by atoms with Crippen LogP contribution in [-0.2, 0) is 16.1 Å². The van der Waals surface area contributed by atoms with Crippen LogP contribution in [0.4, 0.5) is 17.3 Å². The highest BCUT2D eigenvalue weighted by Crippen LogP contribution is 2.32. The Balaban J connectivity index is 1.69. The quantitative estimate of drug-likeness (QED) is 0.783. The van der Waals surface area contributed by atoms with Crippen LogP contribution in [0.3, 0.4) is 0 Å². The molecule has 1 aromatic heterocycles. The second kappa shape index (κ2) is 8.70. The molecule has 0 amide bonds. The molecule has 0 bridgehead atoms. The first-order valence-corrected chi connectivity index (χ1v) is 9.37. The zero-order chi connectivity index (χ0) is 19.2. The van der Waals surface area contributed by atoms with Gasteiger partial charge in [-0.2, -0.15) is 0 Å². The molecule has 2 aromatic rings. The van der Waals surface area contributed by atoms with E-state index in [1.807, 2.05) is 37.1 Å².